The van der Waals surface area contributed by atoms with Gasteiger partial charge in [-0.2, -0.15) is 0 Å². The molecule has 27 heavy (non-hydrogen) atoms. The first-order valence-corrected chi connectivity index (χ1v) is 8.33. The number of rotatable bonds is 6. The lowest BCUT2D eigenvalue weighted by atomic mass is 10.1. The average Bonchev–Trinajstić information content (AvgIpc) is 3.11. The van der Waals surface area contributed by atoms with Crippen molar-refractivity contribution < 1.29 is 23.9 Å². The van der Waals surface area contributed by atoms with E-state index in [4.69, 9.17) is 4.52 Å². The molecule has 0 aliphatic carbocycles. The number of hydrogen-bond acceptors (Lipinski definition) is 5. The van der Waals surface area contributed by atoms with Crippen LogP contribution in [0.25, 0.3) is 0 Å². The van der Waals surface area contributed by atoms with Crippen LogP contribution in [-0.2, 0) is 6.42 Å². The van der Waals surface area contributed by atoms with E-state index in [1.807, 2.05) is 37.3 Å². The molecule has 1 heterocycles. The minimum Gasteiger partial charge on any atom is -0.545 e. The molecule has 8 nitrogen and oxygen atoms in total. The van der Waals surface area contributed by atoms with Crippen molar-refractivity contribution in [2.24, 2.45) is 0 Å². The summed E-state index contributed by atoms with van der Waals surface area (Å²) >= 11 is 0. The minimum atomic E-state index is -1.32. The highest BCUT2D eigenvalue weighted by Gasteiger charge is 2.21. The molecule has 0 fully saturated rings. The highest BCUT2D eigenvalue weighted by Crippen LogP contribution is 2.12. The number of nitrogens with one attached hydrogen (secondary N) is 2. The quantitative estimate of drug-likeness (QED) is 0.646. The maximum absolute atomic E-state index is 12.1. The Balaban J connectivity index is 1.59. The molecule has 0 spiro atoms. The molecular formula is C19H18N4O4. The number of carboxylic acids is 1. The van der Waals surface area contributed by atoms with E-state index in [2.05, 4.69) is 15.9 Å². The summed E-state index contributed by atoms with van der Waals surface area (Å²) in [5.41, 5.74) is 1.46. The van der Waals surface area contributed by atoms with E-state index in [-0.39, 0.29) is 17.5 Å². The van der Waals surface area contributed by atoms with Crippen molar-refractivity contribution in [1.82, 2.24) is 5.27 Å². The Bertz CT molecular complexity index is 940. The second-order valence-electron chi connectivity index (χ2n) is 6.03. The molecule has 0 aliphatic heterocycles. The van der Waals surface area contributed by atoms with E-state index in [0.29, 0.717) is 5.69 Å². The van der Waals surface area contributed by atoms with Crippen molar-refractivity contribution in [2.45, 2.75) is 19.4 Å². The molecule has 3 aromatic rings. The first-order chi connectivity index (χ1) is 13.0. The summed E-state index contributed by atoms with van der Waals surface area (Å²) < 4.78 is 6.76. The molecule has 1 aromatic heterocycles. The Morgan fingerprint density at radius 3 is 2.67 bits per heavy atom. The van der Waals surface area contributed by atoms with Gasteiger partial charge in [-0.15, -0.1) is 0 Å². The first kappa shape index (κ1) is 18.1. The van der Waals surface area contributed by atoms with E-state index >= 15 is 0 Å². The summed E-state index contributed by atoms with van der Waals surface area (Å²) in [6.45, 7) is 1.99. The summed E-state index contributed by atoms with van der Waals surface area (Å²) in [5, 5.41) is 19.8. The van der Waals surface area contributed by atoms with Crippen LogP contribution in [0.15, 0.2) is 65.3 Å². The number of nitrogens with zero attached hydrogens (tertiary/aromatic N) is 2. The van der Waals surface area contributed by atoms with Crippen LogP contribution >= 0.6 is 0 Å². The zero-order chi connectivity index (χ0) is 19.2. The predicted octanol–water partition coefficient (Wildman–Crippen LogP) is 1.77. The Morgan fingerprint density at radius 1 is 1.15 bits per heavy atom. The number of hydrogen-bond donors (Lipinski definition) is 2. The summed E-state index contributed by atoms with van der Waals surface area (Å²) in [4.78, 5) is 22.9. The number of benzene rings is 2. The highest BCUT2D eigenvalue weighted by atomic mass is 16.5. The fraction of sp³-hybridized carbons (Fsp3) is 0.158. The summed E-state index contributed by atoms with van der Waals surface area (Å²) in [7, 11) is 0. The molecule has 0 saturated heterocycles. The smallest absolute Gasteiger partial charge is 0.326 e. The minimum absolute atomic E-state index is 0.0277. The van der Waals surface area contributed by atoms with Crippen molar-refractivity contribution in [1.29, 1.82) is 0 Å². The number of urea groups is 1. The normalized spacial score (nSPS) is 11.6. The summed E-state index contributed by atoms with van der Waals surface area (Å²) in [6.07, 6.45) is 2.35. The maximum Gasteiger partial charge on any atom is 0.326 e. The number of aromatic nitrogens is 2. The van der Waals surface area contributed by atoms with Gasteiger partial charge in [0.1, 0.15) is 0 Å². The molecule has 2 amide bonds. The van der Waals surface area contributed by atoms with Crippen LogP contribution in [0.5, 0.6) is 0 Å². The molecule has 0 saturated carbocycles. The molecule has 2 N–H and O–H groups in total. The van der Waals surface area contributed by atoms with Gasteiger partial charge in [-0.05, 0) is 27.9 Å². The van der Waals surface area contributed by atoms with Crippen molar-refractivity contribution >= 4 is 23.6 Å². The Hall–Kier alpha value is -3.68. The van der Waals surface area contributed by atoms with Gasteiger partial charge < -0.3 is 15.2 Å². The SMILES string of the molecule is CC(Cc1ccccc1)[n+]1cc(NC(=O)Nc2cccc(C(=O)[O-])c2)on1. The third-order valence-corrected chi connectivity index (χ3v) is 3.90. The van der Waals surface area contributed by atoms with E-state index in [1.165, 1.54) is 23.8 Å². The molecule has 138 valence electrons. The van der Waals surface area contributed by atoms with Gasteiger partial charge in [0.15, 0.2) is 6.04 Å². The van der Waals surface area contributed by atoms with Gasteiger partial charge in [-0.25, -0.2) is 4.79 Å². The summed E-state index contributed by atoms with van der Waals surface area (Å²) in [5.74, 6) is -1.15. The zero-order valence-electron chi connectivity index (χ0n) is 14.6. The summed E-state index contributed by atoms with van der Waals surface area (Å²) in [6, 6.07) is 15.2. The van der Waals surface area contributed by atoms with Crippen molar-refractivity contribution in [3.8, 4) is 0 Å². The number of aromatic carboxylic acids is 1. The van der Waals surface area contributed by atoms with Gasteiger partial charge in [0.25, 0.3) is 6.20 Å². The van der Waals surface area contributed by atoms with E-state index in [9.17, 15) is 14.7 Å². The first-order valence-electron chi connectivity index (χ1n) is 8.33. The van der Waals surface area contributed by atoms with Gasteiger partial charge in [0.05, 0.1) is 5.97 Å². The average molecular weight is 366 g/mol. The van der Waals surface area contributed by atoms with Crippen LogP contribution in [-0.4, -0.2) is 17.3 Å². The lowest BCUT2D eigenvalue weighted by Gasteiger charge is -2.07. The fourth-order valence-corrected chi connectivity index (χ4v) is 2.57. The number of amides is 2. The predicted molar refractivity (Wildman–Crippen MR) is 95.0 cm³/mol. The van der Waals surface area contributed by atoms with Crippen molar-refractivity contribution in [2.75, 3.05) is 10.6 Å². The molecule has 0 radical (unpaired) electrons. The largest absolute Gasteiger partial charge is 0.545 e. The van der Waals surface area contributed by atoms with Gasteiger partial charge >= 0.3 is 11.9 Å². The molecule has 0 aliphatic rings. The number of anilines is 2. The number of carbonyl (C=O) groups excluding carboxylic acids is 2. The molecule has 1 unspecified atom stereocenters. The van der Waals surface area contributed by atoms with E-state index < -0.39 is 12.0 Å². The molecular weight excluding hydrogens is 348 g/mol. The molecule has 2 aromatic carbocycles. The Labute approximate surface area is 155 Å². The third-order valence-electron chi connectivity index (χ3n) is 3.90. The van der Waals surface area contributed by atoms with Crippen molar-refractivity contribution in [3.05, 3.63) is 71.9 Å². The van der Waals surface area contributed by atoms with Crippen LogP contribution in [0.2, 0.25) is 0 Å². The second kappa shape index (κ2) is 8.13. The topological polar surface area (TPSA) is 111 Å². The molecule has 3 rings (SSSR count). The zero-order valence-corrected chi connectivity index (χ0v) is 14.6. The van der Waals surface area contributed by atoms with Crippen LogP contribution < -0.4 is 20.4 Å². The van der Waals surface area contributed by atoms with Crippen LogP contribution in [0, 0.1) is 0 Å². The van der Waals surface area contributed by atoms with Gasteiger partial charge in [0.2, 0.25) is 5.27 Å². The number of carboxylic acid groups (broad SMARTS) is 1. The standard InChI is InChI=1S/C19H18N4O4/c1-13(10-14-6-3-2-4-7-14)23-12-17(27-22-23)21-19(26)20-16-9-5-8-15(11-16)18(24)25/h2-9,11-13H,10H2,1H3,(H2-,20,21,22,24,25,26). The highest BCUT2D eigenvalue weighted by molar-refractivity contribution is 5.99. The monoisotopic (exact) mass is 366 g/mol. The maximum atomic E-state index is 12.1. The Morgan fingerprint density at radius 2 is 1.93 bits per heavy atom. The third kappa shape index (κ3) is 4.91. The van der Waals surface area contributed by atoms with Gasteiger partial charge in [-0.3, -0.25) is 9.84 Å². The number of carbonyl (C=O) groups is 2. The van der Waals surface area contributed by atoms with Gasteiger partial charge in [-0.1, -0.05) is 42.5 Å². The van der Waals surface area contributed by atoms with Gasteiger partial charge in [0, 0.05) is 19.0 Å². The van der Waals surface area contributed by atoms with Crippen LogP contribution in [0.4, 0.5) is 16.4 Å². The fourth-order valence-electron chi connectivity index (χ4n) is 2.57. The van der Waals surface area contributed by atoms with E-state index in [0.717, 1.165) is 6.42 Å². The lowest BCUT2D eigenvalue weighted by molar-refractivity contribution is -0.782. The van der Waals surface area contributed by atoms with E-state index in [1.54, 1.807) is 16.9 Å². The molecule has 0 bridgehead atoms. The van der Waals surface area contributed by atoms with Crippen LogP contribution in [0.1, 0.15) is 28.9 Å². The van der Waals surface area contributed by atoms with Crippen molar-refractivity contribution in [3.63, 3.8) is 0 Å². The molecule has 1 atom stereocenters. The second-order valence-corrected chi connectivity index (χ2v) is 6.03. The lowest BCUT2D eigenvalue weighted by Crippen LogP contribution is -2.40. The molecule has 8 heteroatoms. The Kier molecular flexibility index (Phi) is 5.46. The van der Waals surface area contributed by atoms with Crippen LogP contribution in [0.3, 0.4) is 0 Å².